The molecule has 6 heteroatoms. The second kappa shape index (κ2) is 5.77. The van der Waals surface area contributed by atoms with Gasteiger partial charge in [-0.2, -0.15) is 0 Å². The third kappa shape index (κ3) is 4.09. The monoisotopic (exact) mass is 272 g/mol. The van der Waals surface area contributed by atoms with Crippen LogP contribution in [0.15, 0.2) is 0 Å². The van der Waals surface area contributed by atoms with Gasteiger partial charge in [-0.05, 0) is 47.0 Å². The van der Waals surface area contributed by atoms with Crippen molar-refractivity contribution in [2.45, 2.75) is 70.7 Å². The minimum Gasteiger partial charge on any atom is -0.444 e. The van der Waals surface area contributed by atoms with Gasteiger partial charge in [0.1, 0.15) is 5.60 Å². The molecule has 1 fully saturated rings. The van der Waals surface area contributed by atoms with Crippen LogP contribution in [-0.4, -0.2) is 45.8 Å². The van der Waals surface area contributed by atoms with Gasteiger partial charge in [-0.1, -0.05) is 0 Å². The average molecular weight is 272 g/mol. The van der Waals surface area contributed by atoms with Gasteiger partial charge in [0.15, 0.2) is 6.10 Å². The van der Waals surface area contributed by atoms with Crippen molar-refractivity contribution in [1.82, 2.24) is 4.90 Å². The molecule has 0 bridgehead atoms. The van der Waals surface area contributed by atoms with Gasteiger partial charge < -0.3 is 15.6 Å². The van der Waals surface area contributed by atoms with Gasteiger partial charge in [0.2, 0.25) is 5.91 Å². The number of aliphatic hydroxyl groups excluding tert-OH is 1. The molecule has 1 saturated carbocycles. The Labute approximate surface area is 113 Å². The van der Waals surface area contributed by atoms with Gasteiger partial charge in [-0.3, -0.25) is 9.69 Å². The summed E-state index contributed by atoms with van der Waals surface area (Å²) in [6.45, 7) is 6.94. The van der Waals surface area contributed by atoms with E-state index in [0.717, 1.165) is 19.3 Å². The molecule has 0 spiro atoms. The topological polar surface area (TPSA) is 92.9 Å². The summed E-state index contributed by atoms with van der Waals surface area (Å²) in [5.74, 6) is -0.833. The summed E-state index contributed by atoms with van der Waals surface area (Å²) in [6.07, 6.45) is 0.853. The van der Waals surface area contributed by atoms with E-state index in [1.807, 2.05) is 0 Å². The molecule has 1 aliphatic rings. The number of ether oxygens (including phenoxy) is 1. The first-order chi connectivity index (χ1) is 8.63. The molecule has 110 valence electrons. The number of hydrogen-bond donors (Lipinski definition) is 2. The fourth-order valence-corrected chi connectivity index (χ4v) is 2.02. The molecule has 2 atom stereocenters. The van der Waals surface area contributed by atoms with Crippen molar-refractivity contribution in [3.05, 3.63) is 0 Å². The maximum atomic E-state index is 12.2. The van der Waals surface area contributed by atoms with E-state index >= 15 is 0 Å². The van der Waals surface area contributed by atoms with Gasteiger partial charge in [-0.15, -0.1) is 0 Å². The first-order valence-corrected chi connectivity index (χ1v) is 6.62. The molecule has 0 aliphatic heterocycles. The van der Waals surface area contributed by atoms with Gasteiger partial charge in [0.05, 0.1) is 6.04 Å². The van der Waals surface area contributed by atoms with Crippen LogP contribution in [0.2, 0.25) is 0 Å². The van der Waals surface area contributed by atoms with Crippen molar-refractivity contribution >= 4 is 12.0 Å². The number of aliphatic hydroxyl groups is 1. The molecule has 19 heavy (non-hydrogen) atoms. The highest BCUT2D eigenvalue weighted by atomic mass is 16.6. The molecule has 0 radical (unpaired) electrons. The number of primary amides is 1. The Hall–Kier alpha value is -1.30. The lowest BCUT2D eigenvalue weighted by molar-refractivity contribution is -0.130. The predicted molar refractivity (Wildman–Crippen MR) is 70.4 cm³/mol. The highest BCUT2D eigenvalue weighted by molar-refractivity contribution is 5.80. The van der Waals surface area contributed by atoms with Gasteiger partial charge in [0, 0.05) is 6.04 Å². The van der Waals surface area contributed by atoms with Crippen LogP contribution >= 0.6 is 0 Å². The first kappa shape index (κ1) is 15.8. The van der Waals surface area contributed by atoms with Crippen LogP contribution in [0.4, 0.5) is 4.79 Å². The second-order valence-corrected chi connectivity index (χ2v) is 6.06. The van der Waals surface area contributed by atoms with E-state index in [2.05, 4.69) is 0 Å². The smallest absolute Gasteiger partial charge is 0.410 e. The molecule has 1 rings (SSSR count). The molecule has 0 aromatic rings. The lowest BCUT2D eigenvalue weighted by Crippen LogP contribution is -2.56. The number of nitrogens with two attached hydrogens (primary N) is 1. The minimum atomic E-state index is -1.38. The summed E-state index contributed by atoms with van der Waals surface area (Å²) in [6, 6.07) is -0.670. The van der Waals surface area contributed by atoms with Gasteiger partial charge >= 0.3 is 6.09 Å². The lowest BCUT2D eigenvalue weighted by Gasteiger charge is -2.42. The maximum absolute atomic E-state index is 12.2. The predicted octanol–water partition coefficient (Wildman–Crippen LogP) is 1.01. The van der Waals surface area contributed by atoms with E-state index in [9.17, 15) is 14.7 Å². The van der Waals surface area contributed by atoms with E-state index in [1.54, 1.807) is 27.7 Å². The summed E-state index contributed by atoms with van der Waals surface area (Å²) in [5, 5.41) is 9.76. The third-order valence-electron chi connectivity index (χ3n) is 3.26. The average Bonchev–Trinajstić information content (AvgIpc) is 2.17. The summed E-state index contributed by atoms with van der Waals surface area (Å²) >= 11 is 0. The second-order valence-electron chi connectivity index (χ2n) is 6.06. The molecular formula is C13H24N2O4. The number of rotatable bonds is 4. The number of carbonyl (C=O) groups excluding carboxylic acids is 2. The standard InChI is InChI=1S/C13H24N2O4/c1-8(10(16)11(14)17)15(9-6-5-7-9)12(18)19-13(2,3)4/h8-10,16H,5-7H2,1-4H3,(H2,14,17). The van der Waals surface area contributed by atoms with Gasteiger partial charge in [-0.25, -0.2) is 4.79 Å². The maximum Gasteiger partial charge on any atom is 0.410 e. The largest absolute Gasteiger partial charge is 0.444 e. The Morgan fingerprint density at radius 1 is 1.37 bits per heavy atom. The highest BCUT2D eigenvalue weighted by Crippen LogP contribution is 2.29. The van der Waals surface area contributed by atoms with Crippen LogP contribution < -0.4 is 5.73 Å². The Bertz CT molecular complexity index is 347. The van der Waals surface area contributed by atoms with Crippen LogP contribution in [0.25, 0.3) is 0 Å². The Balaban J connectivity index is 2.82. The van der Waals surface area contributed by atoms with E-state index in [4.69, 9.17) is 10.5 Å². The normalized spacial score (nSPS) is 19.2. The summed E-state index contributed by atoms with van der Waals surface area (Å²) in [4.78, 5) is 24.7. The van der Waals surface area contributed by atoms with E-state index in [1.165, 1.54) is 4.90 Å². The van der Waals surface area contributed by atoms with Crippen LogP contribution in [0.1, 0.15) is 47.0 Å². The van der Waals surface area contributed by atoms with Crippen LogP contribution in [-0.2, 0) is 9.53 Å². The van der Waals surface area contributed by atoms with E-state index in [-0.39, 0.29) is 6.04 Å². The summed E-state index contributed by atoms with van der Waals surface area (Å²) in [5.41, 5.74) is 4.48. The summed E-state index contributed by atoms with van der Waals surface area (Å²) < 4.78 is 5.33. The fraction of sp³-hybridized carbons (Fsp3) is 0.846. The third-order valence-corrected chi connectivity index (χ3v) is 3.26. The number of carbonyl (C=O) groups is 2. The van der Waals surface area contributed by atoms with Crippen LogP contribution in [0, 0.1) is 0 Å². The van der Waals surface area contributed by atoms with E-state index < -0.39 is 29.7 Å². The quantitative estimate of drug-likeness (QED) is 0.798. The molecule has 2 amide bonds. The van der Waals surface area contributed by atoms with E-state index in [0.29, 0.717) is 0 Å². The fourth-order valence-electron chi connectivity index (χ4n) is 2.02. The van der Waals surface area contributed by atoms with Gasteiger partial charge in [0.25, 0.3) is 0 Å². The SMILES string of the molecule is CC(C(O)C(N)=O)N(C(=O)OC(C)(C)C)C1CCC1. The molecule has 0 aromatic heterocycles. The molecule has 1 aliphatic carbocycles. The first-order valence-electron chi connectivity index (χ1n) is 6.62. The van der Waals surface area contributed by atoms with Crippen molar-refractivity contribution in [2.75, 3.05) is 0 Å². The molecule has 0 heterocycles. The van der Waals surface area contributed by atoms with Crippen LogP contribution in [0.3, 0.4) is 0 Å². The Morgan fingerprint density at radius 2 is 1.89 bits per heavy atom. The zero-order valence-electron chi connectivity index (χ0n) is 12.0. The number of amides is 2. The van der Waals surface area contributed by atoms with Crippen molar-refractivity contribution in [2.24, 2.45) is 5.73 Å². The number of hydrogen-bond acceptors (Lipinski definition) is 4. The highest BCUT2D eigenvalue weighted by Gasteiger charge is 2.39. The van der Waals surface area contributed by atoms with Crippen LogP contribution in [0.5, 0.6) is 0 Å². The molecule has 6 nitrogen and oxygen atoms in total. The molecule has 3 N–H and O–H groups in total. The number of nitrogens with zero attached hydrogens (tertiary/aromatic N) is 1. The Kier molecular flexibility index (Phi) is 4.79. The minimum absolute atomic E-state index is 0.0128. The molecular weight excluding hydrogens is 248 g/mol. The molecule has 0 aromatic carbocycles. The van der Waals surface area contributed by atoms with Crippen molar-refractivity contribution in [3.63, 3.8) is 0 Å². The van der Waals surface area contributed by atoms with Crippen molar-refractivity contribution in [3.8, 4) is 0 Å². The zero-order valence-corrected chi connectivity index (χ0v) is 12.0. The zero-order chi connectivity index (χ0) is 14.8. The Morgan fingerprint density at radius 3 is 2.21 bits per heavy atom. The van der Waals surface area contributed by atoms with Crippen molar-refractivity contribution < 1.29 is 19.4 Å². The molecule has 2 unspecified atom stereocenters. The molecule has 0 saturated heterocycles. The lowest BCUT2D eigenvalue weighted by atomic mass is 9.90. The summed E-state index contributed by atoms with van der Waals surface area (Å²) in [7, 11) is 0. The van der Waals surface area contributed by atoms with Crippen molar-refractivity contribution in [1.29, 1.82) is 0 Å².